The van der Waals surface area contributed by atoms with Gasteiger partial charge in [-0.3, -0.25) is 8.42 Å². The molecule has 0 spiro atoms. The molecule has 29 heteroatoms. The fourth-order valence-electron chi connectivity index (χ4n) is 6.18. The molecule has 0 unspecified atom stereocenters. The minimum absolute atomic E-state index is 0. The van der Waals surface area contributed by atoms with Gasteiger partial charge in [0.25, 0.3) is 0 Å². The van der Waals surface area contributed by atoms with Crippen LogP contribution in [0, 0.1) is 0 Å². The molecule has 9 rings (SSSR count). The van der Waals surface area contributed by atoms with Crippen molar-refractivity contribution in [2.24, 2.45) is 0 Å². The van der Waals surface area contributed by atoms with Gasteiger partial charge in [0.15, 0.2) is 23.3 Å². The van der Waals surface area contributed by atoms with Crippen LogP contribution in [0.15, 0.2) is 68.7 Å². The minimum Gasteiger partial charge on any atom is -0.759 e. The summed E-state index contributed by atoms with van der Waals surface area (Å²) >= 11 is 59.6. The molecule has 5 heterocycles. The second-order valence-corrected chi connectivity index (χ2v) is 24.3. The van der Waals surface area contributed by atoms with Crippen LogP contribution in [0.4, 0.5) is 0 Å². The first-order valence-corrected chi connectivity index (χ1v) is 28.1. The number of hydrogen-bond donors (Lipinski definition) is 2. The quantitative estimate of drug-likeness (QED) is 0.0486. The first kappa shape index (κ1) is 50.5. The molecular weight excluding hydrogens is 1810 g/mol. The Kier molecular flexibility index (Phi) is 15.6. The number of halogens is 15. The Bertz CT molecular complexity index is 3450. The molecule has 2 N–H and O–H groups in total. The fourth-order valence-corrected chi connectivity index (χ4v) is 14.9. The third-order valence-electron chi connectivity index (χ3n) is 8.59. The fraction of sp³-hybridized carbons (Fsp3) is 0. The molecular formula is C32H3Br14ClCuN8O4S. The number of aromatic nitrogens is 8. The number of rotatable bonds is 0. The summed E-state index contributed by atoms with van der Waals surface area (Å²) in [5, 5.41) is 3.40. The van der Waals surface area contributed by atoms with Crippen LogP contribution in [-0.4, -0.2) is 57.4 Å². The van der Waals surface area contributed by atoms with Crippen LogP contribution < -0.4 is 0 Å². The molecule has 0 aliphatic carbocycles. The molecule has 8 bridgehead atoms. The van der Waals surface area contributed by atoms with E-state index in [4.69, 9.17) is 59.0 Å². The summed E-state index contributed by atoms with van der Waals surface area (Å²) < 4.78 is 44.4. The molecule has 0 atom stereocenters. The summed E-state index contributed by atoms with van der Waals surface area (Å²) in [4.78, 5) is 37.9. The first-order valence-electron chi connectivity index (χ1n) is 15.3. The number of nitrogens with one attached hydrogen (secondary N) is 2. The minimum atomic E-state index is -5.17. The van der Waals surface area contributed by atoms with E-state index in [0.717, 1.165) is 75.2 Å². The molecule has 0 saturated carbocycles. The Morgan fingerprint density at radius 2 is 0.672 bits per heavy atom. The molecule has 2 aliphatic rings. The van der Waals surface area contributed by atoms with Crippen molar-refractivity contribution in [3.8, 4) is 45.6 Å². The predicted octanol–water partition coefficient (Wildman–Crippen LogP) is 16.9. The average Bonchev–Trinajstić information content (AvgIpc) is 3.92. The zero-order valence-corrected chi connectivity index (χ0v) is 52.5. The molecule has 3 aromatic heterocycles. The van der Waals surface area contributed by atoms with Gasteiger partial charge in [-0.2, -0.15) is 0 Å². The van der Waals surface area contributed by atoms with Crippen LogP contribution in [-0.2, 0) is 27.5 Å². The van der Waals surface area contributed by atoms with Gasteiger partial charge < -0.3 is 19.1 Å². The molecule has 1 radical (unpaired) electrons. The number of fused-ring (bicyclic) bond motifs is 20. The number of benzene rings is 4. The normalized spacial score (nSPS) is 12.0. The van der Waals surface area contributed by atoms with Gasteiger partial charge in [0.1, 0.15) is 22.6 Å². The summed E-state index contributed by atoms with van der Waals surface area (Å²) in [6, 6.07) is 1.82. The van der Waals surface area contributed by atoms with Crippen LogP contribution in [0.3, 0.4) is 0 Å². The van der Waals surface area contributed by atoms with Gasteiger partial charge in [-0.25, -0.2) is 29.9 Å². The van der Waals surface area contributed by atoms with Crippen LogP contribution in [0.1, 0.15) is 0 Å². The molecule has 0 saturated heterocycles. The third kappa shape index (κ3) is 8.82. The molecule has 12 nitrogen and oxygen atoms in total. The van der Waals surface area contributed by atoms with E-state index in [1.54, 1.807) is 0 Å². The Morgan fingerprint density at radius 1 is 0.410 bits per heavy atom. The van der Waals surface area contributed by atoms with Gasteiger partial charge in [-0.15, -0.1) is 0 Å². The third-order valence-corrected chi connectivity index (χ3v) is 25.6. The summed E-state index contributed by atoms with van der Waals surface area (Å²) in [6.07, 6.45) is 0. The largest absolute Gasteiger partial charge is 2.00 e. The van der Waals surface area contributed by atoms with E-state index in [1.165, 1.54) is 0 Å². The van der Waals surface area contributed by atoms with Crippen LogP contribution in [0.25, 0.3) is 89.7 Å². The monoisotopic (exact) mass is 1800 g/mol. The summed E-state index contributed by atoms with van der Waals surface area (Å²) in [6.45, 7) is 0. The van der Waals surface area contributed by atoms with Crippen molar-refractivity contribution in [3.63, 3.8) is 0 Å². The van der Waals surface area contributed by atoms with Crippen LogP contribution in [0.5, 0.6) is 0 Å². The van der Waals surface area contributed by atoms with E-state index in [2.05, 4.69) is 233 Å². The van der Waals surface area contributed by atoms with E-state index in [9.17, 15) is 0 Å². The maximum absolute atomic E-state index is 8.52. The second-order valence-electron chi connectivity index (χ2n) is 11.9. The van der Waals surface area contributed by atoms with Crippen LogP contribution in [0.2, 0.25) is 5.02 Å². The summed E-state index contributed by atoms with van der Waals surface area (Å²) in [7, 11) is -5.17. The van der Waals surface area contributed by atoms with Crippen molar-refractivity contribution in [1.29, 1.82) is 0 Å². The molecule has 4 aromatic carbocycles. The second kappa shape index (κ2) is 18.9. The van der Waals surface area contributed by atoms with Gasteiger partial charge in [0.2, 0.25) is 0 Å². The Labute approximate surface area is 475 Å². The summed E-state index contributed by atoms with van der Waals surface area (Å²) in [5.41, 5.74) is 4.68. The average molecular weight is 1810 g/mol. The molecule has 0 amide bonds. The van der Waals surface area contributed by atoms with Crippen LogP contribution >= 0.6 is 235 Å². The van der Waals surface area contributed by atoms with E-state index < -0.39 is 10.4 Å². The topological polar surface area (TPSA) is 189 Å². The Morgan fingerprint density at radius 3 is 1.02 bits per heavy atom. The number of nitrogens with zero attached hydrogens (tertiary/aromatic N) is 6. The zero-order chi connectivity index (χ0) is 43.8. The van der Waals surface area contributed by atoms with E-state index in [1.807, 2.05) is 6.07 Å². The van der Waals surface area contributed by atoms with E-state index in [0.29, 0.717) is 82.1 Å². The van der Waals surface area contributed by atoms with Crippen molar-refractivity contribution in [1.82, 2.24) is 39.9 Å². The Balaban J connectivity index is 0.000000885. The number of aromatic amines is 2. The zero-order valence-electron chi connectivity index (χ0n) is 27.8. The first-order chi connectivity index (χ1) is 28.0. The van der Waals surface area contributed by atoms with E-state index in [-0.39, 0.29) is 17.1 Å². The van der Waals surface area contributed by atoms with Crippen molar-refractivity contribution >= 4 is 289 Å². The standard InChI is InChI=1S/C32H3Br14ClN8.Cu.H2O4S/c33-11-3(47)1-2-4(12(11)34)26-48-25(2)49-27-5-6(14(36)20(42)19(41)13(5)35)29(51-27)53-31-9-10(18(40)24(46)23(45)17(9)39)32(55-31)54-30-8-7(28(50-26)52-30)15(37)21(43)22(44)16(8)38;;1-5(2,3)4/h1H,(H2,48,49,50,51,52,53,54,55);;(H2,1,2,3,4)/q;+2;/p-2. The maximum Gasteiger partial charge on any atom is 2.00 e. The van der Waals surface area contributed by atoms with Gasteiger partial charge in [0.05, 0.1) is 9.50 Å². The number of hydrogen-bond acceptors (Lipinski definition) is 10. The van der Waals surface area contributed by atoms with E-state index >= 15 is 0 Å². The van der Waals surface area contributed by atoms with Gasteiger partial charge in [0, 0.05) is 112 Å². The van der Waals surface area contributed by atoms with Crippen molar-refractivity contribution in [2.45, 2.75) is 0 Å². The Hall–Kier alpha value is 1.64. The SMILES string of the molecule is Clc1cc2c(c(Br)c1Br)-c1nc-2nc2[nH]c(nc3nc(nc4[nH]c(n1)c1c(Br)c(Br)c(Br)c(Br)c41)-c1c(Br)c(Br)c(Br)c(Br)c1-3)c1c(Br)c(Br)c(Br)c(Br)c21.O=S(=O)([O-])[O-].[Cu+2]. The van der Waals surface area contributed by atoms with Gasteiger partial charge in [-0.05, 0) is 229 Å². The molecule has 61 heavy (non-hydrogen) atoms. The van der Waals surface area contributed by atoms with Gasteiger partial charge >= 0.3 is 17.1 Å². The maximum atomic E-state index is 8.52. The van der Waals surface area contributed by atoms with Crippen molar-refractivity contribution < 1.29 is 34.6 Å². The van der Waals surface area contributed by atoms with Crippen molar-refractivity contribution in [3.05, 3.63) is 73.7 Å². The smallest absolute Gasteiger partial charge is 0.759 e. The molecule has 7 aromatic rings. The summed E-state index contributed by atoms with van der Waals surface area (Å²) in [5.74, 6) is 1.54. The molecule has 2 aliphatic heterocycles. The predicted molar refractivity (Wildman–Crippen MR) is 279 cm³/mol. The molecule has 317 valence electrons. The molecule has 0 fully saturated rings. The number of H-pyrrole nitrogens is 2. The van der Waals surface area contributed by atoms with Crippen molar-refractivity contribution in [2.75, 3.05) is 0 Å². The van der Waals surface area contributed by atoms with Gasteiger partial charge in [-0.1, -0.05) is 11.6 Å².